The predicted octanol–water partition coefficient (Wildman–Crippen LogP) is -7.61. The highest BCUT2D eigenvalue weighted by Gasteiger charge is 2.39. The van der Waals surface area contributed by atoms with Crippen LogP contribution in [0.4, 0.5) is 0 Å². The topological polar surface area (TPSA) is 724 Å². The minimum atomic E-state index is -2.27. The fourth-order valence-corrected chi connectivity index (χ4v) is 10.3. The van der Waals surface area contributed by atoms with Crippen molar-refractivity contribution < 1.29 is 117 Å². The maximum Gasteiger partial charge on any atom is 0.326 e. The van der Waals surface area contributed by atoms with Crippen molar-refractivity contribution >= 4 is 118 Å². The van der Waals surface area contributed by atoms with Gasteiger partial charge in [0.1, 0.15) is 78.5 Å². The molecule has 0 heterocycles. The summed E-state index contributed by atoms with van der Waals surface area (Å²) in [7, 11) is 0. The predicted molar refractivity (Wildman–Crippen MR) is 391 cm³/mol. The number of aliphatic hydroxyl groups is 1. The van der Waals surface area contributed by atoms with Crippen molar-refractivity contribution in [1.29, 1.82) is 0 Å². The second-order valence-electron chi connectivity index (χ2n) is 27.8. The molecule has 0 saturated carbocycles. The number of benzene rings is 1. The van der Waals surface area contributed by atoms with Crippen molar-refractivity contribution in [2.75, 3.05) is 13.2 Å². The van der Waals surface area contributed by atoms with E-state index in [0.29, 0.717) is 5.56 Å². The monoisotopic (exact) mass is 1580 g/mol. The third-order valence-corrected chi connectivity index (χ3v) is 16.4. The van der Waals surface area contributed by atoms with E-state index >= 15 is 0 Å². The van der Waals surface area contributed by atoms with Crippen LogP contribution >= 0.6 is 0 Å². The number of guanidine groups is 1. The van der Waals surface area contributed by atoms with Crippen molar-refractivity contribution in [3.8, 4) is 0 Å². The van der Waals surface area contributed by atoms with Crippen LogP contribution in [-0.2, 0) is 97.5 Å². The lowest BCUT2D eigenvalue weighted by Gasteiger charge is -2.28. The molecule has 0 saturated heterocycles. The van der Waals surface area contributed by atoms with E-state index in [4.69, 9.17) is 28.7 Å². The van der Waals surface area contributed by atoms with E-state index in [0.717, 1.165) is 6.92 Å². The van der Waals surface area contributed by atoms with E-state index in [9.17, 15) is 117 Å². The molecule has 43 heteroatoms. The van der Waals surface area contributed by atoms with Crippen LogP contribution in [0.5, 0.6) is 0 Å². The number of hydrogen-bond donors (Lipinski definition) is 23. The molecule has 1 aromatic rings. The van der Waals surface area contributed by atoms with Crippen molar-refractivity contribution in [2.24, 2.45) is 57.3 Å². The van der Waals surface area contributed by atoms with Crippen LogP contribution in [0.3, 0.4) is 0 Å². The number of carbonyl (C=O) groups excluding carboxylic acids is 15. The lowest BCUT2D eigenvalue weighted by Crippen LogP contribution is -2.61. The number of primary amides is 2. The van der Waals surface area contributed by atoms with Gasteiger partial charge in [0.25, 0.3) is 0 Å². The summed E-state index contributed by atoms with van der Waals surface area (Å²) < 4.78 is 0. The standard InChI is InChI=1S/C68H109N19O24/c1-30(2)23-40(83-64(107)46(29-88)86-65(108)52(71)32(5)6)58(101)75-34(9)54(97)81-44(27-50(93)94)63(106)82-41(24-31(3)4)59(102)77-37(18-20-47(69)89)56(99)84-43(26-48(70)90)61(104)85-45(28-51(95)96)62(105)78-38(19-21-49(91)92)57(100)87-53(33(7)8)66(109)76-35(10)55(98)80-42(25-36-15-12-11-13-16-36)60(103)79-39(67(110)111)17-14-22-74-68(72)73/h11-13,15-16,30-35,37-46,52-53,88H,14,17-29,71H2,1-10H3,(H2,69,89)(H2,70,90)(H,75,101)(H,76,109)(H,77,102)(H,78,105)(H,79,103)(H,80,98)(H,81,97)(H,82,106)(H,83,107)(H,84,99)(H,85,104)(H,86,108)(H,87,100)(H,91,92)(H,93,94)(H,95,96)(H,110,111)(H4,72,73,74)/t34-,35-,37-,38-,39-,40-,41-,42-,43-,44-,45-,46-,52-,53-/m0/s1. The largest absolute Gasteiger partial charge is 0.481 e. The maximum absolute atomic E-state index is 14.2. The molecule has 111 heavy (non-hydrogen) atoms. The zero-order chi connectivity index (χ0) is 84.9. The van der Waals surface area contributed by atoms with Gasteiger partial charge in [-0.25, -0.2) is 4.79 Å². The second-order valence-corrected chi connectivity index (χ2v) is 27.8. The molecule has 43 nitrogen and oxygen atoms in total. The molecular formula is C68H109N19O24. The van der Waals surface area contributed by atoms with E-state index in [1.807, 2.05) is 5.32 Å². The Kier molecular flexibility index (Phi) is 42.7. The fraction of sp³-hybridized carbons (Fsp3) is 0.618. The summed E-state index contributed by atoms with van der Waals surface area (Å²) in [5.74, 6) is -26.1. The van der Waals surface area contributed by atoms with Gasteiger partial charge in [-0.2, -0.15) is 0 Å². The van der Waals surface area contributed by atoms with Crippen LogP contribution < -0.4 is 97.8 Å². The fourth-order valence-electron chi connectivity index (χ4n) is 10.3. The third kappa shape index (κ3) is 37.8. The van der Waals surface area contributed by atoms with Gasteiger partial charge in [-0.15, -0.1) is 0 Å². The summed E-state index contributed by atoms with van der Waals surface area (Å²) >= 11 is 0. The first-order valence-corrected chi connectivity index (χ1v) is 35.5. The minimum absolute atomic E-state index is 0.0351. The molecule has 0 unspecified atom stereocenters. The van der Waals surface area contributed by atoms with Crippen LogP contribution in [0.1, 0.15) is 145 Å². The van der Waals surface area contributed by atoms with Crippen molar-refractivity contribution in [1.82, 2.24) is 69.1 Å². The summed E-state index contributed by atoms with van der Waals surface area (Å²) in [6, 6.07) is -15.5. The molecule has 0 aromatic heterocycles. The molecule has 1 rings (SSSR count). The number of nitrogens with two attached hydrogens (primary N) is 5. The van der Waals surface area contributed by atoms with Gasteiger partial charge in [-0.1, -0.05) is 85.7 Å². The average Bonchev–Trinajstić information content (AvgIpc) is 0.854. The molecule has 14 atom stereocenters. The van der Waals surface area contributed by atoms with E-state index < -0.39 is 260 Å². The highest BCUT2D eigenvalue weighted by Crippen LogP contribution is 2.14. The van der Waals surface area contributed by atoms with Gasteiger partial charge in [0, 0.05) is 25.8 Å². The number of aliphatic imine (C=N–C) groups is 1. The Balaban J connectivity index is 3.56. The first-order valence-electron chi connectivity index (χ1n) is 35.5. The van der Waals surface area contributed by atoms with Crippen LogP contribution in [-0.4, -0.2) is 242 Å². The van der Waals surface area contributed by atoms with Crippen LogP contribution in [0.2, 0.25) is 0 Å². The Bertz CT molecular complexity index is 3480. The molecule has 0 fully saturated rings. The Hall–Kier alpha value is -11.7. The van der Waals surface area contributed by atoms with E-state index in [2.05, 4.69) is 68.8 Å². The number of nitrogens with zero attached hydrogens (tertiary/aromatic N) is 1. The lowest BCUT2D eigenvalue weighted by atomic mass is 10.0. The number of hydrogen-bond acceptors (Lipinski definition) is 22. The van der Waals surface area contributed by atoms with Crippen LogP contribution in [0.25, 0.3) is 0 Å². The number of amides is 15. The normalized spacial score (nSPS) is 14.9. The molecule has 15 amide bonds. The maximum atomic E-state index is 14.2. The van der Waals surface area contributed by atoms with Crippen LogP contribution in [0, 0.1) is 23.7 Å². The summed E-state index contributed by atoms with van der Waals surface area (Å²) in [6.07, 6.45) is -7.13. The number of rotatable bonds is 52. The molecule has 0 aliphatic rings. The quantitative estimate of drug-likeness (QED) is 0.0164. The molecule has 28 N–H and O–H groups in total. The Morgan fingerprint density at radius 1 is 0.369 bits per heavy atom. The number of aliphatic carboxylic acids is 4. The number of nitrogens with one attached hydrogen (secondary N) is 13. The summed E-state index contributed by atoms with van der Waals surface area (Å²) in [5, 5.41) is 79.0. The number of aliphatic hydroxyl groups excluding tert-OH is 1. The smallest absolute Gasteiger partial charge is 0.326 e. The molecule has 620 valence electrons. The first-order chi connectivity index (χ1) is 51.7. The highest BCUT2D eigenvalue weighted by atomic mass is 16.4. The van der Waals surface area contributed by atoms with E-state index in [-0.39, 0.29) is 56.4 Å². The summed E-state index contributed by atoms with van der Waals surface area (Å²) in [4.78, 5) is 256. The highest BCUT2D eigenvalue weighted by molar-refractivity contribution is 6.02. The molecule has 0 aliphatic carbocycles. The number of carboxylic acid groups (broad SMARTS) is 4. The third-order valence-electron chi connectivity index (χ3n) is 16.4. The molecule has 0 aliphatic heterocycles. The zero-order valence-electron chi connectivity index (χ0n) is 63.5. The minimum Gasteiger partial charge on any atom is -0.481 e. The van der Waals surface area contributed by atoms with Gasteiger partial charge in [-0.3, -0.25) is 91.3 Å². The number of carbonyl (C=O) groups is 19. The van der Waals surface area contributed by atoms with Crippen molar-refractivity contribution in [3.05, 3.63) is 35.9 Å². The Morgan fingerprint density at radius 3 is 1.15 bits per heavy atom. The van der Waals surface area contributed by atoms with Gasteiger partial charge in [-0.05, 0) is 81.6 Å². The Morgan fingerprint density at radius 2 is 0.739 bits per heavy atom. The van der Waals surface area contributed by atoms with E-state index in [1.165, 1.54) is 20.8 Å². The molecule has 0 bridgehead atoms. The lowest BCUT2D eigenvalue weighted by molar-refractivity contribution is -0.142. The van der Waals surface area contributed by atoms with Crippen molar-refractivity contribution in [2.45, 2.75) is 231 Å². The number of carboxylic acids is 4. The summed E-state index contributed by atoms with van der Waals surface area (Å²) in [5.41, 5.74) is 27.9. The molecular weight excluding hydrogens is 1470 g/mol. The summed E-state index contributed by atoms with van der Waals surface area (Å²) in [6.45, 7) is 14.1. The molecule has 0 spiro atoms. The average molecular weight is 1580 g/mol. The van der Waals surface area contributed by atoms with Gasteiger partial charge in [0.15, 0.2) is 5.96 Å². The second kappa shape index (κ2) is 48.7. The zero-order valence-corrected chi connectivity index (χ0v) is 63.5. The molecule has 0 radical (unpaired) electrons. The van der Waals surface area contributed by atoms with E-state index in [1.54, 1.807) is 71.9 Å². The molecule has 1 aromatic carbocycles. The first kappa shape index (κ1) is 97.4. The van der Waals surface area contributed by atoms with Gasteiger partial charge in [0.05, 0.1) is 31.9 Å². The van der Waals surface area contributed by atoms with Crippen molar-refractivity contribution in [3.63, 3.8) is 0 Å². The van der Waals surface area contributed by atoms with Gasteiger partial charge in [0.2, 0.25) is 88.6 Å². The SMILES string of the molecule is CC(C)C[C@H](NC(=O)[C@H](CO)NC(=O)[C@@H](N)C(C)C)C(=O)N[C@@H](C)C(=O)N[C@@H](CC(=O)O)C(=O)N[C@@H](CC(C)C)C(=O)N[C@@H](CCC(N)=O)C(=O)N[C@@H](CC(N)=O)C(=O)N[C@@H](CC(=O)O)C(=O)N[C@@H](CCC(=O)O)C(=O)N[C@H](C(=O)N[C@@H](C)C(=O)N[C@@H](Cc1ccccc1)C(=O)N[C@@H](CCCN=C(N)N)C(=O)O)C(C)C. The van der Waals surface area contributed by atoms with Crippen LogP contribution in [0.15, 0.2) is 35.3 Å². The Labute approximate surface area is 639 Å². The van der Waals surface area contributed by atoms with Gasteiger partial charge < -0.3 is 123 Å². The van der Waals surface area contributed by atoms with Gasteiger partial charge >= 0.3 is 23.9 Å².